The third-order valence-electron chi connectivity index (χ3n) is 2.48. The molecule has 0 bridgehead atoms. The third kappa shape index (κ3) is 2.09. The van der Waals surface area contributed by atoms with Crippen LogP contribution in [0.5, 0.6) is 0 Å². The molecule has 0 saturated carbocycles. The molecule has 1 aromatic heterocycles. The van der Waals surface area contributed by atoms with Crippen LogP contribution in [0, 0.1) is 13.8 Å². The van der Waals surface area contributed by atoms with Crippen molar-refractivity contribution in [3.05, 3.63) is 47.3 Å². The summed E-state index contributed by atoms with van der Waals surface area (Å²) in [5.41, 5.74) is 4.83. The second-order valence-corrected chi connectivity index (χ2v) is 3.95. The van der Waals surface area contributed by atoms with Gasteiger partial charge in [-0.2, -0.15) is 5.10 Å². The Morgan fingerprint density at radius 3 is 2.33 bits per heavy atom. The van der Waals surface area contributed by atoms with Crippen molar-refractivity contribution < 1.29 is 0 Å². The van der Waals surface area contributed by atoms with Crippen LogP contribution in [0.1, 0.15) is 23.7 Å². The molecule has 2 nitrogen and oxygen atoms in total. The zero-order valence-corrected chi connectivity index (χ0v) is 9.49. The van der Waals surface area contributed by atoms with Gasteiger partial charge in [0.2, 0.25) is 0 Å². The third-order valence-corrected chi connectivity index (χ3v) is 2.48. The van der Waals surface area contributed by atoms with Crippen molar-refractivity contribution in [3.8, 4) is 5.69 Å². The first kappa shape index (κ1) is 9.97. The average molecular weight is 200 g/mol. The van der Waals surface area contributed by atoms with E-state index in [4.69, 9.17) is 0 Å². The number of hydrogen-bond donors (Lipinski definition) is 0. The summed E-state index contributed by atoms with van der Waals surface area (Å²) in [5.74, 6) is 0. The van der Waals surface area contributed by atoms with Crippen molar-refractivity contribution in [2.45, 2.75) is 27.2 Å². The maximum Gasteiger partial charge on any atom is 0.0650 e. The smallest absolute Gasteiger partial charge is 0.0650 e. The van der Waals surface area contributed by atoms with E-state index in [0.717, 1.165) is 17.8 Å². The molecule has 0 aliphatic heterocycles. The summed E-state index contributed by atoms with van der Waals surface area (Å²) in [6, 6.07) is 8.55. The van der Waals surface area contributed by atoms with Gasteiger partial charge in [0, 0.05) is 6.20 Å². The highest BCUT2D eigenvalue weighted by atomic mass is 15.3. The molecular weight excluding hydrogens is 184 g/mol. The van der Waals surface area contributed by atoms with E-state index in [9.17, 15) is 0 Å². The van der Waals surface area contributed by atoms with Crippen LogP contribution in [0.2, 0.25) is 0 Å². The Hall–Kier alpha value is -1.57. The Bertz CT molecular complexity index is 449. The van der Waals surface area contributed by atoms with E-state index in [-0.39, 0.29) is 0 Å². The molecule has 0 radical (unpaired) electrons. The predicted octanol–water partition coefficient (Wildman–Crippen LogP) is 3.05. The van der Waals surface area contributed by atoms with E-state index in [1.165, 1.54) is 11.1 Å². The highest BCUT2D eigenvalue weighted by Crippen LogP contribution is 2.13. The van der Waals surface area contributed by atoms with Gasteiger partial charge in [-0.15, -0.1) is 0 Å². The van der Waals surface area contributed by atoms with E-state index < -0.39 is 0 Å². The molecule has 2 heteroatoms. The van der Waals surface area contributed by atoms with Crippen molar-refractivity contribution in [2.24, 2.45) is 0 Å². The highest BCUT2D eigenvalue weighted by Gasteiger charge is 2.00. The van der Waals surface area contributed by atoms with Gasteiger partial charge < -0.3 is 0 Å². The molecule has 0 N–H and O–H groups in total. The highest BCUT2D eigenvalue weighted by molar-refractivity contribution is 5.38. The summed E-state index contributed by atoms with van der Waals surface area (Å²) in [6.07, 6.45) is 3.00. The zero-order valence-electron chi connectivity index (χ0n) is 9.49. The second kappa shape index (κ2) is 3.89. The number of benzene rings is 1. The maximum atomic E-state index is 4.50. The first-order chi connectivity index (χ1) is 7.19. The topological polar surface area (TPSA) is 17.8 Å². The quantitative estimate of drug-likeness (QED) is 0.728. The SMILES string of the molecule is CCc1ccn(-c2cc(C)cc(C)c2)n1. The van der Waals surface area contributed by atoms with Crippen LogP contribution in [0.3, 0.4) is 0 Å². The van der Waals surface area contributed by atoms with Crippen molar-refractivity contribution in [1.82, 2.24) is 9.78 Å². The monoisotopic (exact) mass is 200 g/mol. The first-order valence-electron chi connectivity index (χ1n) is 5.32. The molecule has 1 aromatic carbocycles. The minimum absolute atomic E-state index is 0.984. The van der Waals surface area contributed by atoms with Crippen molar-refractivity contribution in [2.75, 3.05) is 0 Å². The molecule has 0 unspecified atom stereocenters. The van der Waals surface area contributed by atoms with Crippen LogP contribution in [-0.4, -0.2) is 9.78 Å². The molecule has 0 aliphatic carbocycles. The molecule has 0 amide bonds. The Morgan fingerprint density at radius 1 is 1.13 bits per heavy atom. The zero-order chi connectivity index (χ0) is 10.8. The molecule has 1 heterocycles. The molecule has 0 spiro atoms. The van der Waals surface area contributed by atoms with Gasteiger partial charge in [-0.25, -0.2) is 4.68 Å². The lowest BCUT2D eigenvalue weighted by molar-refractivity contribution is 0.839. The summed E-state index contributed by atoms with van der Waals surface area (Å²) < 4.78 is 1.94. The Kier molecular flexibility index (Phi) is 2.58. The van der Waals surface area contributed by atoms with Crippen LogP contribution in [0.15, 0.2) is 30.5 Å². The predicted molar refractivity (Wildman–Crippen MR) is 62.4 cm³/mol. The Morgan fingerprint density at radius 2 is 1.80 bits per heavy atom. The Balaban J connectivity index is 2.44. The van der Waals surface area contributed by atoms with E-state index in [0.29, 0.717) is 0 Å². The van der Waals surface area contributed by atoms with Crippen LogP contribution in [0.4, 0.5) is 0 Å². The molecule has 15 heavy (non-hydrogen) atoms. The van der Waals surface area contributed by atoms with Crippen molar-refractivity contribution in [1.29, 1.82) is 0 Å². The van der Waals surface area contributed by atoms with E-state index in [2.05, 4.69) is 50.1 Å². The molecule has 78 valence electrons. The van der Waals surface area contributed by atoms with Crippen molar-refractivity contribution >= 4 is 0 Å². The molecule has 2 rings (SSSR count). The number of aromatic nitrogens is 2. The number of hydrogen-bond acceptors (Lipinski definition) is 1. The van der Waals surface area contributed by atoms with Gasteiger partial charge in [0.05, 0.1) is 11.4 Å². The average Bonchev–Trinajstić information content (AvgIpc) is 2.64. The molecule has 0 saturated heterocycles. The van der Waals surface area contributed by atoms with E-state index >= 15 is 0 Å². The summed E-state index contributed by atoms with van der Waals surface area (Å²) in [7, 11) is 0. The van der Waals surface area contributed by atoms with Crippen molar-refractivity contribution in [3.63, 3.8) is 0 Å². The standard InChI is InChI=1S/C13H16N2/c1-4-12-5-6-15(14-12)13-8-10(2)7-11(3)9-13/h5-9H,4H2,1-3H3. The van der Waals surface area contributed by atoms with Gasteiger partial charge >= 0.3 is 0 Å². The second-order valence-electron chi connectivity index (χ2n) is 3.95. The summed E-state index contributed by atoms with van der Waals surface area (Å²) in [5, 5.41) is 4.50. The minimum Gasteiger partial charge on any atom is -0.241 e. The fourth-order valence-electron chi connectivity index (χ4n) is 1.78. The van der Waals surface area contributed by atoms with Crippen LogP contribution in [-0.2, 0) is 6.42 Å². The summed E-state index contributed by atoms with van der Waals surface area (Å²) in [6.45, 7) is 6.34. The minimum atomic E-state index is 0.984. The molecular formula is C13H16N2. The van der Waals surface area contributed by atoms with E-state index in [1.54, 1.807) is 0 Å². The van der Waals surface area contributed by atoms with Gasteiger partial charge in [-0.1, -0.05) is 13.0 Å². The number of nitrogens with zero attached hydrogens (tertiary/aromatic N) is 2. The normalized spacial score (nSPS) is 10.6. The van der Waals surface area contributed by atoms with E-state index in [1.807, 2.05) is 10.9 Å². The van der Waals surface area contributed by atoms with Crippen LogP contribution in [0.25, 0.3) is 5.69 Å². The Labute approximate surface area is 90.6 Å². The lowest BCUT2D eigenvalue weighted by Crippen LogP contribution is -1.97. The fourth-order valence-corrected chi connectivity index (χ4v) is 1.78. The largest absolute Gasteiger partial charge is 0.241 e. The van der Waals surface area contributed by atoms with Gasteiger partial charge in [-0.3, -0.25) is 0 Å². The molecule has 0 fully saturated rings. The number of aryl methyl sites for hydroxylation is 3. The van der Waals surface area contributed by atoms with Crippen LogP contribution >= 0.6 is 0 Å². The van der Waals surface area contributed by atoms with Gasteiger partial charge in [0.25, 0.3) is 0 Å². The molecule has 2 aromatic rings. The van der Waals surface area contributed by atoms with Gasteiger partial charge in [-0.05, 0) is 49.6 Å². The first-order valence-corrected chi connectivity index (χ1v) is 5.32. The summed E-state index contributed by atoms with van der Waals surface area (Å²) >= 11 is 0. The van der Waals surface area contributed by atoms with Gasteiger partial charge in [0.15, 0.2) is 0 Å². The van der Waals surface area contributed by atoms with Gasteiger partial charge in [0.1, 0.15) is 0 Å². The molecule has 0 atom stereocenters. The lowest BCUT2D eigenvalue weighted by atomic mass is 10.1. The maximum absolute atomic E-state index is 4.50. The fraction of sp³-hybridized carbons (Fsp3) is 0.308. The van der Waals surface area contributed by atoms with Crippen LogP contribution < -0.4 is 0 Å². The molecule has 0 aliphatic rings. The lowest BCUT2D eigenvalue weighted by Gasteiger charge is -2.04. The number of rotatable bonds is 2. The summed E-state index contributed by atoms with van der Waals surface area (Å²) in [4.78, 5) is 0.